The predicted octanol–water partition coefficient (Wildman–Crippen LogP) is 0.735. The lowest BCUT2D eigenvalue weighted by atomic mass is 9.65. The molecule has 114 valence electrons. The Labute approximate surface area is 121 Å². The molecule has 2 amide bonds. The van der Waals surface area contributed by atoms with Crippen LogP contribution in [0, 0.1) is 17.8 Å². The van der Waals surface area contributed by atoms with Gasteiger partial charge in [-0.15, -0.1) is 0 Å². The van der Waals surface area contributed by atoms with Gasteiger partial charge in [0, 0.05) is 39.0 Å². The number of nitrogens with two attached hydrogens (primary N) is 1. The molecule has 20 heavy (non-hydrogen) atoms. The molecule has 0 aromatic carbocycles. The van der Waals surface area contributed by atoms with Gasteiger partial charge in [0.05, 0.1) is 0 Å². The Hall–Kier alpha value is -1.10. The molecular formula is C15H27N3O2. The van der Waals surface area contributed by atoms with E-state index in [1.54, 1.807) is 19.0 Å². The van der Waals surface area contributed by atoms with Crippen LogP contribution in [0.15, 0.2) is 0 Å². The van der Waals surface area contributed by atoms with Crippen molar-refractivity contribution in [3.63, 3.8) is 0 Å². The normalized spacial score (nSPS) is 32.5. The fourth-order valence-electron chi connectivity index (χ4n) is 3.66. The number of hydrogen-bond acceptors (Lipinski definition) is 3. The molecule has 0 radical (unpaired) electrons. The Morgan fingerprint density at radius 2 is 1.80 bits per heavy atom. The first kappa shape index (κ1) is 15.3. The first-order chi connectivity index (χ1) is 9.49. The standard InChI is InChI=1S/C15H27N3O2/c1-18(2)13(19)6-7-17-15(20)12-8-10-4-3-5-11(9-12)14(10)16/h10-12,14H,3-9,16H2,1-2H3,(H,17,20). The Balaban J connectivity index is 1.77. The Kier molecular flexibility index (Phi) is 5.02. The monoisotopic (exact) mass is 281 g/mol. The summed E-state index contributed by atoms with van der Waals surface area (Å²) in [6.07, 6.45) is 5.81. The summed E-state index contributed by atoms with van der Waals surface area (Å²) in [6.45, 7) is 0.438. The van der Waals surface area contributed by atoms with Crippen molar-refractivity contribution < 1.29 is 9.59 Å². The van der Waals surface area contributed by atoms with E-state index in [0.29, 0.717) is 30.8 Å². The molecule has 2 aliphatic carbocycles. The van der Waals surface area contributed by atoms with Gasteiger partial charge in [0.2, 0.25) is 11.8 Å². The first-order valence-corrected chi connectivity index (χ1v) is 7.72. The molecule has 0 spiro atoms. The summed E-state index contributed by atoms with van der Waals surface area (Å²) in [5, 5.41) is 2.92. The molecule has 2 saturated carbocycles. The van der Waals surface area contributed by atoms with Crippen molar-refractivity contribution in [1.29, 1.82) is 0 Å². The molecule has 2 rings (SSSR count). The number of rotatable bonds is 4. The van der Waals surface area contributed by atoms with Crippen LogP contribution in [0.5, 0.6) is 0 Å². The lowest BCUT2D eigenvalue weighted by molar-refractivity contribution is -0.129. The summed E-state index contributed by atoms with van der Waals surface area (Å²) in [4.78, 5) is 25.2. The molecule has 0 aliphatic heterocycles. The van der Waals surface area contributed by atoms with E-state index in [1.807, 2.05) is 0 Å². The second-order valence-electron chi connectivity index (χ2n) is 6.53. The van der Waals surface area contributed by atoms with Crippen LogP contribution in [0.2, 0.25) is 0 Å². The van der Waals surface area contributed by atoms with E-state index < -0.39 is 0 Å². The van der Waals surface area contributed by atoms with Gasteiger partial charge in [-0.2, -0.15) is 0 Å². The van der Waals surface area contributed by atoms with Crippen molar-refractivity contribution in [2.45, 2.75) is 44.6 Å². The molecule has 0 saturated heterocycles. The quantitative estimate of drug-likeness (QED) is 0.798. The third-order valence-electron chi connectivity index (χ3n) is 4.92. The van der Waals surface area contributed by atoms with Crippen LogP contribution in [0.1, 0.15) is 38.5 Å². The van der Waals surface area contributed by atoms with E-state index in [4.69, 9.17) is 5.73 Å². The minimum absolute atomic E-state index is 0.0489. The van der Waals surface area contributed by atoms with Gasteiger partial charge in [0.15, 0.2) is 0 Å². The lowest BCUT2D eigenvalue weighted by Crippen LogP contribution is -2.49. The van der Waals surface area contributed by atoms with Gasteiger partial charge < -0.3 is 16.0 Å². The second kappa shape index (κ2) is 6.57. The van der Waals surface area contributed by atoms with Crippen molar-refractivity contribution in [3.8, 4) is 0 Å². The number of hydrogen-bond donors (Lipinski definition) is 2. The van der Waals surface area contributed by atoms with E-state index >= 15 is 0 Å². The fraction of sp³-hybridized carbons (Fsp3) is 0.867. The maximum absolute atomic E-state index is 12.2. The van der Waals surface area contributed by atoms with E-state index in [-0.39, 0.29) is 17.7 Å². The zero-order chi connectivity index (χ0) is 14.7. The minimum Gasteiger partial charge on any atom is -0.355 e. The molecular weight excluding hydrogens is 254 g/mol. The van der Waals surface area contributed by atoms with Gasteiger partial charge in [-0.25, -0.2) is 0 Å². The van der Waals surface area contributed by atoms with Crippen molar-refractivity contribution in [3.05, 3.63) is 0 Å². The zero-order valence-corrected chi connectivity index (χ0v) is 12.6. The number of fused-ring (bicyclic) bond motifs is 2. The summed E-state index contributed by atoms with van der Waals surface area (Å²) < 4.78 is 0. The maximum Gasteiger partial charge on any atom is 0.223 e. The molecule has 0 aromatic rings. The Bertz CT molecular complexity index is 356. The molecule has 0 heterocycles. The average Bonchev–Trinajstić information content (AvgIpc) is 2.37. The predicted molar refractivity (Wildman–Crippen MR) is 77.9 cm³/mol. The van der Waals surface area contributed by atoms with Gasteiger partial charge in [0.1, 0.15) is 0 Å². The number of amides is 2. The van der Waals surface area contributed by atoms with Gasteiger partial charge in [-0.3, -0.25) is 9.59 Å². The fourth-order valence-corrected chi connectivity index (χ4v) is 3.66. The van der Waals surface area contributed by atoms with Crippen LogP contribution in [0.4, 0.5) is 0 Å². The highest BCUT2D eigenvalue weighted by Gasteiger charge is 2.40. The van der Waals surface area contributed by atoms with E-state index in [0.717, 1.165) is 12.8 Å². The minimum atomic E-state index is 0.0489. The lowest BCUT2D eigenvalue weighted by Gasteiger charge is -2.43. The first-order valence-electron chi connectivity index (χ1n) is 7.72. The molecule has 5 heteroatoms. The average molecular weight is 281 g/mol. The molecule has 2 fully saturated rings. The SMILES string of the molecule is CN(C)C(=O)CCNC(=O)C1CC2CCCC(C1)C2N. The second-order valence-corrected chi connectivity index (χ2v) is 6.53. The van der Waals surface area contributed by atoms with Crippen LogP contribution in [-0.2, 0) is 9.59 Å². The van der Waals surface area contributed by atoms with Crippen LogP contribution in [0.3, 0.4) is 0 Å². The third-order valence-corrected chi connectivity index (χ3v) is 4.92. The summed E-state index contributed by atoms with van der Waals surface area (Å²) in [5.41, 5.74) is 6.24. The van der Waals surface area contributed by atoms with Gasteiger partial charge >= 0.3 is 0 Å². The van der Waals surface area contributed by atoms with Crippen LogP contribution >= 0.6 is 0 Å². The third kappa shape index (κ3) is 3.51. The van der Waals surface area contributed by atoms with Crippen molar-refractivity contribution in [2.24, 2.45) is 23.5 Å². The molecule has 2 atom stereocenters. The Morgan fingerprint density at radius 1 is 1.20 bits per heavy atom. The number of nitrogens with zero attached hydrogens (tertiary/aromatic N) is 1. The summed E-state index contributed by atoms with van der Waals surface area (Å²) in [6, 6.07) is 0.295. The molecule has 2 aliphatic rings. The summed E-state index contributed by atoms with van der Waals surface area (Å²) in [5.74, 6) is 1.29. The van der Waals surface area contributed by atoms with Crippen LogP contribution < -0.4 is 11.1 Å². The highest BCUT2D eigenvalue weighted by atomic mass is 16.2. The van der Waals surface area contributed by atoms with E-state index in [9.17, 15) is 9.59 Å². The van der Waals surface area contributed by atoms with Crippen LogP contribution in [0.25, 0.3) is 0 Å². The molecule has 0 aromatic heterocycles. The van der Waals surface area contributed by atoms with Crippen molar-refractivity contribution in [2.75, 3.05) is 20.6 Å². The van der Waals surface area contributed by atoms with Gasteiger partial charge in [-0.05, 0) is 37.5 Å². The number of nitrogens with one attached hydrogen (secondary N) is 1. The van der Waals surface area contributed by atoms with Crippen molar-refractivity contribution >= 4 is 11.8 Å². The zero-order valence-electron chi connectivity index (χ0n) is 12.6. The molecule has 2 bridgehead atoms. The summed E-state index contributed by atoms with van der Waals surface area (Å²) >= 11 is 0. The number of carbonyl (C=O) groups is 2. The smallest absolute Gasteiger partial charge is 0.223 e. The summed E-state index contributed by atoms with van der Waals surface area (Å²) in [7, 11) is 3.46. The maximum atomic E-state index is 12.2. The largest absolute Gasteiger partial charge is 0.355 e. The van der Waals surface area contributed by atoms with E-state index in [2.05, 4.69) is 5.32 Å². The van der Waals surface area contributed by atoms with Crippen LogP contribution in [-0.4, -0.2) is 43.4 Å². The van der Waals surface area contributed by atoms with Gasteiger partial charge in [-0.1, -0.05) is 6.42 Å². The molecule has 2 unspecified atom stereocenters. The van der Waals surface area contributed by atoms with Gasteiger partial charge in [0.25, 0.3) is 0 Å². The molecule has 5 nitrogen and oxygen atoms in total. The Morgan fingerprint density at radius 3 is 2.35 bits per heavy atom. The number of carbonyl (C=O) groups excluding carboxylic acids is 2. The van der Waals surface area contributed by atoms with E-state index in [1.165, 1.54) is 19.3 Å². The highest BCUT2D eigenvalue weighted by Crippen LogP contribution is 2.41. The highest BCUT2D eigenvalue weighted by molar-refractivity contribution is 5.80. The molecule has 3 N–H and O–H groups in total. The van der Waals surface area contributed by atoms with Crippen molar-refractivity contribution in [1.82, 2.24) is 10.2 Å². The topological polar surface area (TPSA) is 75.4 Å².